The Morgan fingerprint density at radius 3 is 3.10 bits per heavy atom. The zero-order valence-electron chi connectivity index (χ0n) is 12.0. The molecule has 1 aliphatic rings. The molecule has 0 bridgehead atoms. The van der Waals surface area contributed by atoms with Crippen molar-refractivity contribution in [1.29, 1.82) is 0 Å². The smallest absolute Gasteiger partial charge is 0.195 e. The first-order valence-electron chi connectivity index (χ1n) is 7.31. The minimum Gasteiger partial charge on any atom is -0.325 e. The van der Waals surface area contributed by atoms with Gasteiger partial charge in [0.2, 0.25) is 0 Å². The predicted octanol–water partition coefficient (Wildman–Crippen LogP) is 3.33. The van der Waals surface area contributed by atoms with E-state index >= 15 is 0 Å². The van der Waals surface area contributed by atoms with Crippen LogP contribution >= 0.6 is 11.3 Å². The molecule has 0 fully saturated rings. The molecule has 5 heteroatoms. The summed E-state index contributed by atoms with van der Waals surface area (Å²) in [6, 6.07) is 9.07. The maximum Gasteiger partial charge on any atom is 0.195 e. The van der Waals surface area contributed by atoms with Crippen LogP contribution in [0.3, 0.4) is 0 Å². The molecule has 1 atom stereocenters. The van der Waals surface area contributed by atoms with E-state index in [0.29, 0.717) is 12.6 Å². The van der Waals surface area contributed by atoms with Crippen LogP contribution in [0.4, 0.5) is 11.5 Å². The van der Waals surface area contributed by atoms with Crippen molar-refractivity contribution in [3.8, 4) is 0 Å². The molecule has 2 N–H and O–H groups in total. The van der Waals surface area contributed by atoms with Crippen LogP contribution in [0.2, 0.25) is 0 Å². The number of imidazole rings is 1. The van der Waals surface area contributed by atoms with Crippen molar-refractivity contribution < 1.29 is 0 Å². The van der Waals surface area contributed by atoms with E-state index in [2.05, 4.69) is 52.1 Å². The zero-order chi connectivity index (χ0) is 14.4. The summed E-state index contributed by atoms with van der Waals surface area (Å²) in [5.41, 5.74) is 9.77. The molecule has 1 aliphatic heterocycles. The second-order valence-electron chi connectivity index (χ2n) is 5.53. The van der Waals surface area contributed by atoms with E-state index < -0.39 is 0 Å². The van der Waals surface area contributed by atoms with E-state index in [1.165, 1.54) is 11.3 Å². The molecule has 3 aromatic rings. The molecule has 1 unspecified atom stereocenters. The third-order valence-electron chi connectivity index (χ3n) is 4.28. The van der Waals surface area contributed by atoms with Gasteiger partial charge in [-0.3, -0.25) is 4.40 Å². The molecule has 3 heterocycles. The summed E-state index contributed by atoms with van der Waals surface area (Å²) in [6.45, 7) is 2.77. The van der Waals surface area contributed by atoms with Crippen molar-refractivity contribution in [1.82, 2.24) is 9.38 Å². The second-order valence-corrected chi connectivity index (χ2v) is 6.40. The van der Waals surface area contributed by atoms with E-state index in [1.807, 2.05) is 0 Å². The van der Waals surface area contributed by atoms with Gasteiger partial charge in [0.15, 0.2) is 10.8 Å². The maximum absolute atomic E-state index is 6.01. The summed E-state index contributed by atoms with van der Waals surface area (Å²) >= 11 is 1.65. The van der Waals surface area contributed by atoms with Gasteiger partial charge >= 0.3 is 0 Å². The van der Waals surface area contributed by atoms with Crippen LogP contribution in [0.1, 0.15) is 24.6 Å². The SMILES string of the molecule is CC1CCc2ccccc2N1c1nc2sccn2c1CN. The van der Waals surface area contributed by atoms with E-state index in [9.17, 15) is 0 Å². The lowest BCUT2D eigenvalue weighted by atomic mass is 9.96. The van der Waals surface area contributed by atoms with Crippen molar-refractivity contribution in [2.45, 2.75) is 32.4 Å². The van der Waals surface area contributed by atoms with Crippen LogP contribution in [0.15, 0.2) is 35.8 Å². The molecule has 2 aromatic heterocycles. The molecule has 1 aromatic carbocycles. The van der Waals surface area contributed by atoms with Gasteiger partial charge in [-0.15, -0.1) is 11.3 Å². The Bertz CT molecular complexity index is 789. The molecule has 108 valence electrons. The van der Waals surface area contributed by atoms with Gasteiger partial charge in [-0.25, -0.2) is 4.98 Å². The number of thiazole rings is 1. The summed E-state index contributed by atoms with van der Waals surface area (Å²) in [5, 5.41) is 2.05. The second kappa shape index (κ2) is 4.86. The first-order valence-corrected chi connectivity index (χ1v) is 8.19. The number of nitrogens with two attached hydrogens (primary N) is 1. The summed E-state index contributed by atoms with van der Waals surface area (Å²) in [7, 11) is 0. The minimum atomic E-state index is 0.440. The molecule has 21 heavy (non-hydrogen) atoms. The van der Waals surface area contributed by atoms with Crippen molar-refractivity contribution >= 4 is 27.8 Å². The number of rotatable bonds is 2. The quantitative estimate of drug-likeness (QED) is 0.789. The molecule has 0 saturated heterocycles. The number of hydrogen-bond donors (Lipinski definition) is 1. The lowest BCUT2D eigenvalue weighted by Gasteiger charge is -2.36. The molecule has 0 amide bonds. The van der Waals surface area contributed by atoms with E-state index in [1.54, 1.807) is 11.3 Å². The number of aromatic nitrogens is 2. The standard InChI is InChI=1S/C16H18N4S/c1-11-6-7-12-4-2-3-5-13(12)20(11)15-14(10-17)19-8-9-21-16(19)18-15/h2-5,8-9,11H,6-7,10,17H2,1H3. The lowest BCUT2D eigenvalue weighted by molar-refractivity contribution is 0.612. The summed E-state index contributed by atoms with van der Waals surface area (Å²) < 4.78 is 2.12. The van der Waals surface area contributed by atoms with Crippen molar-refractivity contribution in [3.05, 3.63) is 47.1 Å². The Hall–Kier alpha value is -1.85. The predicted molar refractivity (Wildman–Crippen MR) is 87.3 cm³/mol. The number of aryl methyl sites for hydroxylation is 1. The summed E-state index contributed by atoms with van der Waals surface area (Å²) in [4.78, 5) is 8.22. The van der Waals surface area contributed by atoms with Crippen molar-refractivity contribution in [3.63, 3.8) is 0 Å². The molecule has 0 radical (unpaired) electrons. The van der Waals surface area contributed by atoms with Gasteiger partial charge in [-0.05, 0) is 31.4 Å². The maximum atomic E-state index is 6.01. The van der Waals surface area contributed by atoms with Crippen molar-refractivity contribution in [2.75, 3.05) is 4.90 Å². The zero-order valence-corrected chi connectivity index (χ0v) is 12.8. The average Bonchev–Trinajstić information content (AvgIpc) is 3.07. The fraction of sp³-hybridized carbons (Fsp3) is 0.312. The largest absolute Gasteiger partial charge is 0.325 e. The van der Waals surface area contributed by atoms with Gasteiger partial charge < -0.3 is 10.6 Å². The van der Waals surface area contributed by atoms with Gasteiger partial charge in [0.25, 0.3) is 0 Å². The Labute approximate surface area is 127 Å². The molecular weight excluding hydrogens is 280 g/mol. The third-order valence-corrected chi connectivity index (χ3v) is 5.04. The lowest BCUT2D eigenvalue weighted by Crippen LogP contribution is -2.34. The molecule has 4 rings (SSSR count). The summed E-state index contributed by atoms with van der Waals surface area (Å²) in [6.07, 6.45) is 4.33. The normalized spacial score (nSPS) is 18.2. The van der Waals surface area contributed by atoms with E-state index in [0.717, 1.165) is 29.3 Å². The Kier molecular flexibility index (Phi) is 2.97. The van der Waals surface area contributed by atoms with Crippen LogP contribution in [0.25, 0.3) is 4.96 Å². The Morgan fingerprint density at radius 2 is 2.24 bits per heavy atom. The number of hydrogen-bond acceptors (Lipinski definition) is 4. The fourth-order valence-corrected chi connectivity index (χ4v) is 3.94. The van der Waals surface area contributed by atoms with Gasteiger partial charge in [-0.2, -0.15) is 0 Å². The molecule has 0 saturated carbocycles. The van der Waals surface area contributed by atoms with Gasteiger partial charge in [-0.1, -0.05) is 18.2 Å². The van der Waals surface area contributed by atoms with Crippen LogP contribution in [0.5, 0.6) is 0 Å². The van der Waals surface area contributed by atoms with Crippen LogP contribution in [-0.2, 0) is 13.0 Å². The highest BCUT2D eigenvalue weighted by Crippen LogP contribution is 2.38. The number of anilines is 2. The molecule has 4 nitrogen and oxygen atoms in total. The highest BCUT2D eigenvalue weighted by molar-refractivity contribution is 7.15. The molecule has 0 spiro atoms. The molecular formula is C16H18N4S. The van der Waals surface area contributed by atoms with Crippen LogP contribution < -0.4 is 10.6 Å². The Morgan fingerprint density at radius 1 is 1.38 bits per heavy atom. The Balaban J connectivity index is 1.93. The number of nitrogens with zero attached hydrogens (tertiary/aromatic N) is 3. The minimum absolute atomic E-state index is 0.440. The molecule has 0 aliphatic carbocycles. The third kappa shape index (κ3) is 1.88. The highest BCUT2D eigenvalue weighted by atomic mass is 32.1. The van der Waals surface area contributed by atoms with E-state index in [-0.39, 0.29) is 0 Å². The fourth-order valence-electron chi connectivity index (χ4n) is 3.21. The number of benzene rings is 1. The van der Waals surface area contributed by atoms with Gasteiger partial charge in [0.1, 0.15) is 0 Å². The first kappa shape index (κ1) is 12.9. The number of fused-ring (bicyclic) bond motifs is 2. The summed E-state index contributed by atoms with van der Waals surface area (Å²) in [5.74, 6) is 1.02. The topological polar surface area (TPSA) is 46.6 Å². The van der Waals surface area contributed by atoms with Gasteiger partial charge in [0, 0.05) is 29.9 Å². The monoisotopic (exact) mass is 298 g/mol. The highest BCUT2D eigenvalue weighted by Gasteiger charge is 2.28. The van der Waals surface area contributed by atoms with Crippen LogP contribution in [-0.4, -0.2) is 15.4 Å². The number of para-hydroxylation sites is 1. The first-order chi connectivity index (χ1) is 10.3. The van der Waals surface area contributed by atoms with Crippen molar-refractivity contribution in [2.24, 2.45) is 5.73 Å². The van der Waals surface area contributed by atoms with Crippen LogP contribution in [0, 0.1) is 0 Å². The van der Waals surface area contributed by atoms with E-state index in [4.69, 9.17) is 10.7 Å². The van der Waals surface area contributed by atoms with Gasteiger partial charge in [0.05, 0.1) is 5.69 Å². The average molecular weight is 298 g/mol.